The minimum absolute atomic E-state index is 0.0756. The SMILES string of the molecule is Nc1ncc(-c2cc(N3C[C@@H]4C[C@H]3CO4)nc(C3CCCC3)n2)cc1OC(F)F. The molecule has 2 N–H and O–H groups in total. The molecule has 5 rings (SSSR count). The quantitative estimate of drug-likeness (QED) is 0.819. The highest BCUT2D eigenvalue weighted by molar-refractivity contribution is 5.67. The molecular formula is C20H23F2N5O2. The summed E-state index contributed by atoms with van der Waals surface area (Å²) in [4.78, 5) is 16.0. The zero-order valence-corrected chi connectivity index (χ0v) is 15.9. The maximum absolute atomic E-state index is 12.7. The first kappa shape index (κ1) is 18.5. The average molecular weight is 403 g/mol. The molecular weight excluding hydrogens is 380 g/mol. The van der Waals surface area contributed by atoms with Gasteiger partial charge in [-0.25, -0.2) is 15.0 Å². The Morgan fingerprint density at radius 1 is 1.21 bits per heavy atom. The first-order chi connectivity index (χ1) is 14.1. The summed E-state index contributed by atoms with van der Waals surface area (Å²) in [5, 5.41) is 0. The lowest BCUT2D eigenvalue weighted by Gasteiger charge is -2.28. The summed E-state index contributed by atoms with van der Waals surface area (Å²) in [6.45, 7) is -1.45. The molecule has 2 saturated heterocycles. The van der Waals surface area contributed by atoms with Gasteiger partial charge in [0, 0.05) is 30.3 Å². The topological polar surface area (TPSA) is 86.4 Å². The second kappa shape index (κ2) is 7.37. The summed E-state index contributed by atoms with van der Waals surface area (Å²) in [5.74, 6) is 1.78. The predicted molar refractivity (Wildman–Crippen MR) is 103 cm³/mol. The third kappa shape index (κ3) is 3.59. The molecule has 7 nitrogen and oxygen atoms in total. The summed E-state index contributed by atoms with van der Waals surface area (Å²) in [6.07, 6.45) is 7.27. The molecule has 2 aliphatic heterocycles. The third-order valence-corrected chi connectivity index (χ3v) is 6.04. The van der Waals surface area contributed by atoms with Gasteiger partial charge in [-0.15, -0.1) is 0 Å². The Kier molecular flexibility index (Phi) is 4.69. The van der Waals surface area contributed by atoms with Crippen molar-refractivity contribution in [2.75, 3.05) is 23.8 Å². The van der Waals surface area contributed by atoms with Crippen molar-refractivity contribution in [2.24, 2.45) is 0 Å². The number of hydrogen-bond acceptors (Lipinski definition) is 7. The molecule has 2 atom stereocenters. The lowest BCUT2D eigenvalue weighted by Crippen LogP contribution is -2.37. The van der Waals surface area contributed by atoms with Gasteiger partial charge in [0.25, 0.3) is 0 Å². The number of alkyl halides is 2. The molecule has 154 valence electrons. The Bertz CT molecular complexity index is 906. The van der Waals surface area contributed by atoms with E-state index in [1.807, 2.05) is 6.07 Å². The highest BCUT2D eigenvalue weighted by Crippen LogP contribution is 2.38. The summed E-state index contributed by atoms with van der Waals surface area (Å²) in [7, 11) is 0. The van der Waals surface area contributed by atoms with E-state index in [0.29, 0.717) is 29.8 Å². The molecule has 0 amide bonds. The van der Waals surface area contributed by atoms with Gasteiger partial charge in [-0.05, 0) is 25.3 Å². The number of ether oxygens (including phenoxy) is 2. The molecule has 1 aliphatic carbocycles. The molecule has 2 aromatic heterocycles. The van der Waals surface area contributed by atoms with Crippen molar-refractivity contribution in [1.29, 1.82) is 0 Å². The minimum atomic E-state index is -2.97. The van der Waals surface area contributed by atoms with Crippen LogP contribution in [0, 0.1) is 0 Å². The number of rotatable bonds is 5. The van der Waals surface area contributed by atoms with Crippen LogP contribution in [0.2, 0.25) is 0 Å². The van der Waals surface area contributed by atoms with Gasteiger partial charge in [0.05, 0.1) is 24.4 Å². The molecule has 9 heteroatoms. The van der Waals surface area contributed by atoms with E-state index in [4.69, 9.17) is 20.4 Å². The Labute approximate surface area is 167 Å². The molecule has 4 heterocycles. The minimum Gasteiger partial charge on any atom is -0.431 e. The molecule has 3 fully saturated rings. The number of nitrogens with zero attached hydrogens (tertiary/aromatic N) is 4. The van der Waals surface area contributed by atoms with E-state index in [1.54, 1.807) is 0 Å². The van der Waals surface area contributed by atoms with Gasteiger partial charge in [0.1, 0.15) is 11.6 Å². The van der Waals surface area contributed by atoms with Crippen molar-refractivity contribution >= 4 is 11.6 Å². The van der Waals surface area contributed by atoms with Gasteiger partial charge < -0.3 is 20.1 Å². The molecule has 0 aromatic carbocycles. The zero-order valence-electron chi connectivity index (χ0n) is 15.9. The number of morpholine rings is 1. The number of aromatic nitrogens is 3. The van der Waals surface area contributed by atoms with Gasteiger partial charge in [-0.1, -0.05) is 12.8 Å². The first-order valence-electron chi connectivity index (χ1n) is 10.0. The number of halogens is 2. The van der Waals surface area contributed by atoms with Crippen LogP contribution in [0.1, 0.15) is 43.8 Å². The predicted octanol–water partition coefficient (Wildman–Crippen LogP) is 3.36. The van der Waals surface area contributed by atoms with Gasteiger partial charge in [0.2, 0.25) is 0 Å². The summed E-state index contributed by atoms with van der Waals surface area (Å²) >= 11 is 0. The maximum atomic E-state index is 12.7. The number of anilines is 2. The highest BCUT2D eigenvalue weighted by atomic mass is 19.3. The molecule has 0 spiro atoms. The summed E-state index contributed by atoms with van der Waals surface area (Å²) in [5.41, 5.74) is 6.92. The fraction of sp³-hybridized carbons (Fsp3) is 0.550. The van der Waals surface area contributed by atoms with Crippen molar-refractivity contribution in [3.63, 3.8) is 0 Å². The van der Waals surface area contributed by atoms with Crippen LogP contribution in [-0.2, 0) is 4.74 Å². The smallest absolute Gasteiger partial charge is 0.387 e. The van der Waals surface area contributed by atoms with Crippen LogP contribution in [-0.4, -0.2) is 46.9 Å². The Morgan fingerprint density at radius 3 is 2.72 bits per heavy atom. The zero-order chi connectivity index (χ0) is 20.0. The molecule has 1 saturated carbocycles. The van der Waals surface area contributed by atoms with Crippen LogP contribution in [0.3, 0.4) is 0 Å². The molecule has 3 aliphatic rings. The standard InChI is InChI=1S/C20H23F2N5O2/c21-20(22)29-16-5-12(8-24-18(16)23)15-7-17(27-9-14-6-13(27)10-28-14)26-19(25-15)11-3-1-2-4-11/h5,7-8,11,13-14,20H,1-4,6,9-10H2,(H2,23,24)/t13-,14-/m0/s1. The van der Waals surface area contributed by atoms with E-state index in [0.717, 1.165) is 37.4 Å². The number of nitrogen functional groups attached to an aromatic ring is 1. The maximum Gasteiger partial charge on any atom is 0.387 e. The molecule has 0 radical (unpaired) electrons. The highest BCUT2D eigenvalue weighted by Gasteiger charge is 2.40. The van der Waals surface area contributed by atoms with Gasteiger partial charge in [-0.3, -0.25) is 0 Å². The van der Waals surface area contributed by atoms with Crippen LogP contribution in [0.15, 0.2) is 18.3 Å². The molecule has 29 heavy (non-hydrogen) atoms. The normalized spacial score (nSPS) is 24.0. The van der Waals surface area contributed by atoms with Crippen LogP contribution in [0.25, 0.3) is 11.3 Å². The van der Waals surface area contributed by atoms with E-state index in [9.17, 15) is 8.78 Å². The van der Waals surface area contributed by atoms with Crippen LogP contribution in [0.5, 0.6) is 5.75 Å². The molecule has 0 unspecified atom stereocenters. The number of nitrogens with two attached hydrogens (primary N) is 1. The summed E-state index contributed by atoms with van der Waals surface area (Å²) in [6, 6.07) is 3.69. The first-order valence-corrected chi connectivity index (χ1v) is 10.0. The fourth-order valence-electron chi connectivity index (χ4n) is 4.58. The number of fused-ring (bicyclic) bond motifs is 2. The average Bonchev–Trinajstić information content (AvgIpc) is 3.47. The Morgan fingerprint density at radius 2 is 2.03 bits per heavy atom. The van der Waals surface area contributed by atoms with Crippen molar-refractivity contribution in [3.8, 4) is 17.0 Å². The van der Waals surface area contributed by atoms with Crippen molar-refractivity contribution in [2.45, 2.75) is 56.8 Å². The lowest BCUT2D eigenvalue weighted by molar-refractivity contribution is -0.0494. The Hall–Kier alpha value is -2.55. The second-order valence-corrected chi connectivity index (χ2v) is 7.93. The third-order valence-electron chi connectivity index (χ3n) is 6.04. The van der Waals surface area contributed by atoms with Crippen molar-refractivity contribution in [3.05, 3.63) is 24.2 Å². The van der Waals surface area contributed by atoms with Gasteiger partial charge in [0.15, 0.2) is 11.6 Å². The summed E-state index contributed by atoms with van der Waals surface area (Å²) < 4.78 is 35.7. The second-order valence-electron chi connectivity index (χ2n) is 7.93. The van der Waals surface area contributed by atoms with Crippen LogP contribution in [0.4, 0.5) is 20.4 Å². The largest absolute Gasteiger partial charge is 0.431 e. The van der Waals surface area contributed by atoms with Gasteiger partial charge >= 0.3 is 6.61 Å². The van der Waals surface area contributed by atoms with Crippen molar-refractivity contribution < 1.29 is 18.3 Å². The monoisotopic (exact) mass is 403 g/mol. The van der Waals surface area contributed by atoms with E-state index in [2.05, 4.69) is 14.6 Å². The van der Waals surface area contributed by atoms with Crippen molar-refractivity contribution in [1.82, 2.24) is 15.0 Å². The van der Waals surface area contributed by atoms with Crippen LogP contribution >= 0.6 is 0 Å². The van der Waals surface area contributed by atoms with E-state index in [1.165, 1.54) is 25.1 Å². The van der Waals surface area contributed by atoms with Crippen LogP contribution < -0.4 is 15.4 Å². The lowest BCUT2D eigenvalue weighted by atomic mass is 10.1. The fourth-order valence-corrected chi connectivity index (χ4v) is 4.58. The molecule has 2 aromatic rings. The Balaban J connectivity index is 1.55. The molecule has 2 bridgehead atoms. The van der Waals surface area contributed by atoms with Gasteiger partial charge in [-0.2, -0.15) is 8.78 Å². The number of pyridine rings is 1. The number of hydrogen-bond donors (Lipinski definition) is 1. The van der Waals surface area contributed by atoms with E-state index in [-0.39, 0.29) is 17.7 Å². The van der Waals surface area contributed by atoms with E-state index >= 15 is 0 Å². The van der Waals surface area contributed by atoms with E-state index < -0.39 is 6.61 Å².